The van der Waals surface area contributed by atoms with Gasteiger partial charge in [-0.2, -0.15) is 0 Å². The normalized spacial score (nSPS) is 10.8. The summed E-state index contributed by atoms with van der Waals surface area (Å²) in [5.41, 5.74) is 2.34. The van der Waals surface area contributed by atoms with Gasteiger partial charge in [0, 0.05) is 25.2 Å². The van der Waals surface area contributed by atoms with Crippen LogP contribution < -0.4 is 0 Å². The molecule has 0 spiro atoms. The number of hydrogen-bond acceptors (Lipinski definition) is 2. The molecule has 0 aliphatic carbocycles. The molecule has 4 heteroatoms. The van der Waals surface area contributed by atoms with E-state index in [9.17, 15) is 9.59 Å². The molecule has 0 heterocycles. The standard InChI is InChI=1S/C17H23NO3/c1-4-5-6-11-18(3)17(21)15-8-7-14(13(2)12-15)9-10-16(19)20/h7-10,12H,4-6,11H2,1-3H3,(H,19,20)/b10-9+. The molecule has 0 saturated carbocycles. The van der Waals surface area contributed by atoms with Crippen molar-refractivity contribution in [1.82, 2.24) is 4.90 Å². The zero-order chi connectivity index (χ0) is 15.8. The fraction of sp³-hybridized carbons (Fsp3) is 0.412. The Morgan fingerprint density at radius 1 is 1.29 bits per heavy atom. The minimum Gasteiger partial charge on any atom is -0.478 e. The van der Waals surface area contributed by atoms with Gasteiger partial charge in [0.15, 0.2) is 0 Å². The number of carbonyl (C=O) groups excluding carboxylic acids is 1. The van der Waals surface area contributed by atoms with Gasteiger partial charge in [0.25, 0.3) is 5.91 Å². The van der Waals surface area contributed by atoms with Crippen LogP contribution in [0, 0.1) is 6.92 Å². The van der Waals surface area contributed by atoms with Crippen LogP contribution in [0.2, 0.25) is 0 Å². The number of nitrogens with zero attached hydrogens (tertiary/aromatic N) is 1. The van der Waals surface area contributed by atoms with Crippen LogP contribution in [0.5, 0.6) is 0 Å². The van der Waals surface area contributed by atoms with Gasteiger partial charge < -0.3 is 10.0 Å². The zero-order valence-electron chi connectivity index (χ0n) is 12.9. The molecule has 0 unspecified atom stereocenters. The number of unbranched alkanes of at least 4 members (excludes halogenated alkanes) is 2. The second kappa shape index (κ2) is 8.25. The molecule has 1 rings (SSSR count). The molecule has 0 saturated heterocycles. The number of carboxylic acid groups (broad SMARTS) is 1. The van der Waals surface area contributed by atoms with E-state index in [0.717, 1.165) is 43.0 Å². The number of amides is 1. The first-order valence-electron chi connectivity index (χ1n) is 7.22. The molecule has 114 valence electrons. The van der Waals surface area contributed by atoms with Crippen LogP contribution >= 0.6 is 0 Å². The molecule has 21 heavy (non-hydrogen) atoms. The molecule has 0 aromatic heterocycles. The highest BCUT2D eigenvalue weighted by molar-refractivity contribution is 5.94. The number of benzene rings is 1. The van der Waals surface area contributed by atoms with Crippen LogP contribution in [0.15, 0.2) is 24.3 Å². The molecule has 0 aliphatic heterocycles. The van der Waals surface area contributed by atoms with Gasteiger partial charge in [-0.1, -0.05) is 25.8 Å². The lowest BCUT2D eigenvalue weighted by atomic mass is 10.0. The molecule has 1 amide bonds. The first-order chi connectivity index (χ1) is 9.95. The third-order valence-electron chi connectivity index (χ3n) is 3.37. The van der Waals surface area contributed by atoms with Gasteiger partial charge in [-0.3, -0.25) is 4.79 Å². The van der Waals surface area contributed by atoms with Gasteiger partial charge in [0.05, 0.1) is 0 Å². The van der Waals surface area contributed by atoms with Crippen LogP contribution in [0.1, 0.15) is 47.7 Å². The number of aliphatic carboxylic acids is 1. The van der Waals surface area contributed by atoms with Crippen LogP contribution in [0.3, 0.4) is 0 Å². The summed E-state index contributed by atoms with van der Waals surface area (Å²) in [7, 11) is 1.81. The average Bonchev–Trinajstić information content (AvgIpc) is 2.45. The highest BCUT2D eigenvalue weighted by atomic mass is 16.4. The molecule has 4 nitrogen and oxygen atoms in total. The van der Waals surface area contributed by atoms with E-state index in [-0.39, 0.29) is 5.91 Å². The Labute approximate surface area is 126 Å². The van der Waals surface area contributed by atoms with Crippen molar-refractivity contribution in [3.63, 3.8) is 0 Å². The summed E-state index contributed by atoms with van der Waals surface area (Å²) in [5, 5.41) is 8.64. The predicted octanol–water partition coefficient (Wildman–Crippen LogP) is 3.36. The lowest BCUT2D eigenvalue weighted by molar-refractivity contribution is -0.131. The van der Waals surface area contributed by atoms with Crippen molar-refractivity contribution in [2.75, 3.05) is 13.6 Å². The number of carboxylic acids is 1. The van der Waals surface area contributed by atoms with E-state index in [4.69, 9.17) is 5.11 Å². The van der Waals surface area contributed by atoms with E-state index < -0.39 is 5.97 Å². The minimum absolute atomic E-state index is 0.00275. The lowest BCUT2D eigenvalue weighted by Gasteiger charge is -2.17. The number of hydrogen-bond donors (Lipinski definition) is 1. The highest BCUT2D eigenvalue weighted by Crippen LogP contribution is 2.14. The third-order valence-corrected chi connectivity index (χ3v) is 3.37. The molecular formula is C17H23NO3. The number of aryl methyl sites for hydroxylation is 1. The van der Waals surface area contributed by atoms with Crippen molar-refractivity contribution < 1.29 is 14.7 Å². The van der Waals surface area contributed by atoms with Crippen molar-refractivity contribution in [3.05, 3.63) is 41.0 Å². The van der Waals surface area contributed by atoms with E-state index >= 15 is 0 Å². The lowest BCUT2D eigenvalue weighted by Crippen LogP contribution is -2.27. The molecule has 1 aromatic carbocycles. The van der Waals surface area contributed by atoms with E-state index in [0.29, 0.717) is 5.56 Å². The first kappa shape index (κ1) is 17.0. The summed E-state index contributed by atoms with van der Waals surface area (Å²) in [6.07, 6.45) is 5.90. The summed E-state index contributed by atoms with van der Waals surface area (Å²) in [5.74, 6) is -0.979. The molecule has 1 aromatic rings. The summed E-state index contributed by atoms with van der Waals surface area (Å²) < 4.78 is 0. The zero-order valence-corrected chi connectivity index (χ0v) is 12.9. The smallest absolute Gasteiger partial charge is 0.328 e. The van der Waals surface area contributed by atoms with Gasteiger partial charge in [0.1, 0.15) is 0 Å². The summed E-state index contributed by atoms with van der Waals surface area (Å²) in [6.45, 7) is 4.76. The Hall–Kier alpha value is -2.10. The Balaban J connectivity index is 2.78. The second-order valence-corrected chi connectivity index (χ2v) is 5.18. The number of carbonyl (C=O) groups is 2. The van der Waals surface area contributed by atoms with Crippen LogP contribution in [-0.4, -0.2) is 35.5 Å². The van der Waals surface area contributed by atoms with Crippen molar-refractivity contribution in [2.45, 2.75) is 33.1 Å². The Morgan fingerprint density at radius 2 is 2.00 bits per heavy atom. The van der Waals surface area contributed by atoms with Gasteiger partial charge in [0.2, 0.25) is 0 Å². The minimum atomic E-state index is -0.981. The third kappa shape index (κ3) is 5.42. The molecule has 1 N–H and O–H groups in total. The van der Waals surface area contributed by atoms with Crippen molar-refractivity contribution in [2.24, 2.45) is 0 Å². The van der Waals surface area contributed by atoms with Crippen LogP contribution in [0.25, 0.3) is 6.08 Å². The second-order valence-electron chi connectivity index (χ2n) is 5.18. The van der Waals surface area contributed by atoms with E-state index in [1.165, 1.54) is 6.08 Å². The van der Waals surface area contributed by atoms with E-state index in [2.05, 4.69) is 6.92 Å². The number of rotatable bonds is 7. The molecule has 0 radical (unpaired) electrons. The molecule has 0 atom stereocenters. The first-order valence-corrected chi connectivity index (χ1v) is 7.22. The predicted molar refractivity (Wildman–Crippen MR) is 84.3 cm³/mol. The van der Waals surface area contributed by atoms with Crippen LogP contribution in [0.4, 0.5) is 0 Å². The van der Waals surface area contributed by atoms with E-state index in [1.54, 1.807) is 23.1 Å². The highest BCUT2D eigenvalue weighted by Gasteiger charge is 2.12. The molecule has 0 bridgehead atoms. The van der Waals surface area contributed by atoms with Gasteiger partial charge in [-0.15, -0.1) is 0 Å². The summed E-state index contributed by atoms with van der Waals surface area (Å²) >= 11 is 0. The van der Waals surface area contributed by atoms with E-state index in [1.807, 2.05) is 14.0 Å². The Bertz CT molecular complexity index is 535. The van der Waals surface area contributed by atoms with Gasteiger partial charge in [-0.05, 0) is 42.7 Å². The van der Waals surface area contributed by atoms with Gasteiger partial charge in [-0.25, -0.2) is 4.79 Å². The fourth-order valence-electron chi connectivity index (χ4n) is 2.08. The van der Waals surface area contributed by atoms with Gasteiger partial charge >= 0.3 is 5.97 Å². The summed E-state index contributed by atoms with van der Waals surface area (Å²) in [4.78, 5) is 24.5. The SMILES string of the molecule is CCCCCN(C)C(=O)c1ccc(/C=C/C(=O)O)c(C)c1. The Morgan fingerprint density at radius 3 is 2.57 bits per heavy atom. The van der Waals surface area contributed by atoms with Crippen molar-refractivity contribution in [1.29, 1.82) is 0 Å². The molecular weight excluding hydrogens is 266 g/mol. The molecule has 0 aliphatic rings. The van der Waals surface area contributed by atoms with Crippen molar-refractivity contribution >= 4 is 18.0 Å². The summed E-state index contributed by atoms with van der Waals surface area (Å²) in [6, 6.07) is 5.33. The molecule has 0 fully saturated rings. The van der Waals surface area contributed by atoms with Crippen molar-refractivity contribution in [3.8, 4) is 0 Å². The maximum atomic E-state index is 12.3. The fourth-order valence-corrected chi connectivity index (χ4v) is 2.08. The quantitative estimate of drug-likeness (QED) is 0.618. The monoisotopic (exact) mass is 289 g/mol. The maximum absolute atomic E-state index is 12.3. The topological polar surface area (TPSA) is 57.6 Å². The van der Waals surface area contributed by atoms with Crippen LogP contribution in [-0.2, 0) is 4.79 Å². The largest absolute Gasteiger partial charge is 0.478 e. The average molecular weight is 289 g/mol. The maximum Gasteiger partial charge on any atom is 0.328 e. The Kier molecular flexibility index (Phi) is 6.66.